The number of phenolic OH excluding ortho intramolecular Hbond substituents is 1. The Balaban J connectivity index is 1.32. The molecule has 0 saturated carbocycles. The summed E-state index contributed by atoms with van der Waals surface area (Å²) in [5.74, 6) is 1.93. The number of benzene rings is 2. The summed E-state index contributed by atoms with van der Waals surface area (Å²) in [5.41, 5.74) is 4.91. The van der Waals surface area contributed by atoms with Gasteiger partial charge in [-0.1, -0.05) is 0 Å². The van der Waals surface area contributed by atoms with E-state index in [1.807, 2.05) is 43.3 Å². The predicted molar refractivity (Wildman–Crippen MR) is 117 cm³/mol. The number of hydrogen-bond donors (Lipinski definition) is 5. The number of hydrogen-bond acceptors (Lipinski definition) is 6. The van der Waals surface area contributed by atoms with Gasteiger partial charge in [0, 0.05) is 34.5 Å². The van der Waals surface area contributed by atoms with Crippen LogP contribution in [0.15, 0.2) is 66.9 Å². The molecule has 0 aliphatic rings. The maximum atomic E-state index is 9.43. The summed E-state index contributed by atoms with van der Waals surface area (Å²) in [6.07, 6.45) is 1.68. The molecular formula is C22H19N7O. The van der Waals surface area contributed by atoms with Crippen LogP contribution in [0.5, 0.6) is 5.75 Å². The zero-order valence-electron chi connectivity index (χ0n) is 16.1. The second-order valence-corrected chi connectivity index (χ2v) is 6.98. The Labute approximate surface area is 172 Å². The summed E-state index contributed by atoms with van der Waals surface area (Å²) in [4.78, 5) is 12.1. The van der Waals surface area contributed by atoms with Crippen molar-refractivity contribution in [1.82, 2.24) is 25.1 Å². The molecule has 5 aromatic rings. The molecule has 0 unspecified atom stereocenters. The van der Waals surface area contributed by atoms with Gasteiger partial charge < -0.3 is 20.7 Å². The van der Waals surface area contributed by atoms with Crippen LogP contribution < -0.4 is 10.6 Å². The minimum absolute atomic E-state index is 0.222. The van der Waals surface area contributed by atoms with Gasteiger partial charge in [-0.3, -0.25) is 5.10 Å². The molecule has 8 nitrogen and oxygen atoms in total. The van der Waals surface area contributed by atoms with Gasteiger partial charge in [0.05, 0.1) is 5.69 Å². The van der Waals surface area contributed by atoms with Gasteiger partial charge in [0.1, 0.15) is 11.6 Å². The lowest BCUT2D eigenvalue weighted by molar-refractivity contribution is 0.475. The standard InChI is InChI=1S/C22H19N7O/c1-13-10-15-11-16(4-7-18(15)24-13)25-20-8-9-23-22(26-20)27-21-12-19(28-29-21)14-2-5-17(30)6-3-14/h2-12,24,30H,1H3,(H3,23,25,26,27,28,29). The molecule has 0 aliphatic carbocycles. The van der Waals surface area contributed by atoms with Gasteiger partial charge in [-0.25, -0.2) is 4.98 Å². The molecule has 2 aromatic carbocycles. The topological polar surface area (TPSA) is 115 Å². The third-order valence-electron chi connectivity index (χ3n) is 4.68. The Morgan fingerprint density at radius 3 is 2.63 bits per heavy atom. The van der Waals surface area contributed by atoms with Crippen molar-refractivity contribution in [3.63, 3.8) is 0 Å². The van der Waals surface area contributed by atoms with Crippen molar-refractivity contribution in [3.05, 3.63) is 72.6 Å². The van der Waals surface area contributed by atoms with E-state index >= 15 is 0 Å². The summed E-state index contributed by atoms with van der Waals surface area (Å²) in [6.45, 7) is 2.04. The fourth-order valence-electron chi connectivity index (χ4n) is 3.28. The normalized spacial score (nSPS) is 11.0. The number of nitrogens with one attached hydrogen (secondary N) is 4. The van der Waals surface area contributed by atoms with E-state index in [0.717, 1.165) is 33.5 Å². The fraction of sp³-hybridized carbons (Fsp3) is 0.0455. The molecule has 148 valence electrons. The first kappa shape index (κ1) is 17.7. The van der Waals surface area contributed by atoms with Crippen molar-refractivity contribution in [2.45, 2.75) is 6.92 Å². The minimum Gasteiger partial charge on any atom is -0.508 e. The van der Waals surface area contributed by atoms with Gasteiger partial charge in [-0.15, -0.1) is 0 Å². The molecule has 3 aromatic heterocycles. The molecule has 0 amide bonds. The Morgan fingerprint density at radius 2 is 1.77 bits per heavy atom. The van der Waals surface area contributed by atoms with Gasteiger partial charge in [0.2, 0.25) is 5.95 Å². The highest BCUT2D eigenvalue weighted by Gasteiger charge is 2.07. The van der Waals surface area contributed by atoms with E-state index in [4.69, 9.17) is 0 Å². The van der Waals surface area contributed by atoms with Crippen molar-refractivity contribution in [2.24, 2.45) is 0 Å². The molecule has 0 saturated heterocycles. The van der Waals surface area contributed by atoms with Crippen molar-refractivity contribution < 1.29 is 5.11 Å². The van der Waals surface area contributed by atoms with E-state index in [2.05, 4.69) is 47.9 Å². The molecule has 0 fully saturated rings. The van der Waals surface area contributed by atoms with Crippen LogP contribution >= 0.6 is 0 Å². The number of aromatic hydroxyl groups is 1. The number of anilines is 4. The van der Waals surface area contributed by atoms with E-state index in [0.29, 0.717) is 17.6 Å². The second-order valence-electron chi connectivity index (χ2n) is 6.98. The summed E-state index contributed by atoms with van der Waals surface area (Å²) in [6, 6.07) is 18.8. The van der Waals surface area contributed by atoms with E-state index in [-0.39, 0.29) is 5.75 Å². The van der Waals surface area contributed by atoms with Crippen molar-refractivity contribution in [1.29, 1.82) is 0 Å². The molecule has 5 rings (SSSR count). The smallest absolute Gasteiger partial charge is 0.230 e. The maximum Gasteiger partial charge on any atom is 0.230 e. The third kappa shape index (κ3) is 3.66. The van der Waals surface area contributed by atoms with Gasteiger partial charge in [0.15, 0.2) is 5.82 Å². The highest BCUT2D eigenvalue weighted by Crippen LogP contribution is 2.25. The van der Waals surface area contributed by atoms with E-state index < -0.39 is 0 Å². The highest BCUT2D eigenvalue weighted by molar-refractivity contribution is 5.84. The average Bonchev–Trinajstić information content (AvgIpc) is 3.34. The summed E-state index contributed by atoms with van der Waals surface area (Å²) in [5, 5.41) is 24.2. The van der Waals surface area contributed by atoms with Crippen LogP contribution in [0, 0.1) is 6.92 Å². The number of rotatable bonds is 5. The van der Waals surface area contributed by atoms with Crippen LogP contribution in [0.3, 0.4) is 0 Å². The van der Waals surface area contributed by atoms with Crippen molar-refractivity contribution in [3.8, 4) is 17.0 Å². The van der Waals surface area contributed by atoms with E-state index in [9.17, 15) is 5.11 Å². The van der Waals surface area contributed by atoms with Gasteiger partial charge in [-0.2, -0.15) is 10.1 Å². The number of H-pyrrole nitrogens is 2. The largest absolute Gasteiger partial charge is 0.508 e. The number of fused-ring (bicyclic) bond motifs is 1. The number of nitrogens with zero attached hydrogens (tertiary/aromatic N) is 3. The number of aryl methyl sites for hydroxylation is 1. The van der Waals surface area contributed by atoms with E-state index in [1.54, 1.807) is 18.3 Å². The monoisotopic (exact) mass is 397 g/mol. The highest BCUT2D eigenvalue weighted by atomic mass is 16.3. The number of aromatic nitrogens is 5. The molecule has 0 spiro atoms. The quantitative estimate of drug-likeness (QED) is 0.290. The molecule has 0 atom stereocenters. The molecule has 3 heterocycles. The third-order valence-corrected chi connectivity index (χ3v) is 4.68. The average molecular weight is 397 g/mol. The van der Waals surface area contributed by atoms with Crippen LogP contribution in [0.25, 0.3) is 22.2 Å². The zero-order valence-corrected chi connectivity index (χ0v) is 16.1. The first-order chi connectivity index (χ1) is 14.6. The van der Waals surface area contributed by atoms with Crippen LogP contribution in [0.1, 0.15) is 5.69 Å². The Kier molecular flexibility index (Phi) is 4.29. The van der Waals surface area contributed by atoms with Crippen LogP contribution in [0.2, 0.25) is 0 Å². The molecule has 8 heteroatoms. The van der Waals surface area contributed by atoms with Crippen LogP contribution in [-0.2, 0) is 0 Å². The zero-order chi connectivity index (χ0) is 20.5. The molecule has 5 N–H and O–H groups in total. The fourth-order valence-corrected chi connectivity index (χ4v) is 3.28. The molecule has 30 heavy (non-hydrogen) atoms. The lowest BCUT2D eigenvalue weighted by Gasteiger charge is -2.07. The Morgan fingerprint density at radius 1 is 0.900 bits per heavy atom. The van der Waals surface area contributed by atoms with E-state index in [1.165, 1.54) is 0 Å². The second kappa shape index (κ2) is 7.25. The van der Waals surface area contributed by atoms with Crippen LogP contribution in [0.4, 0.5) is 23.3 Å². The van der Waals surface area contributed by atoms with Crippen molar-refractivity contribution in [2.75, 3.05) is 10.6 Å². The molecule has 0 bridgehead atoms. The molecule has 0 aliphatic heterocycles. The lowest BCUT2D eigenvalue weighted by atomic mass is 10.1. The molecule has 0 radical (unpaired) electrons. The van der Waals surface area contributed by atoms with Gasteiger partial charge in [0.25, 0.3) is 0 Å². The van der Waals surface area contributed by atoms with Crippen molar-refractivity contribution >= 4 is 34.2 Å². The maximum absolute atomic E-state index is 9.43. The first-order valence-electron chi connectivity index (χ1n) is 9.44. The van der Waals surface area contributed by atoms with Gasteiger partial charge >= 0.3 is 0 Å². The predicted octanol–water partition coefficient (Wildman–Crippen LogP) is 4.85. The summed E-state index contributed by atoms with van der Waals surface area (Å²) < 4.78 is 0. The van der Waals surface area contributed by atoms with Crippen LogP contribution in [-0.4, -0.2) is 30.3 Å². The Hall–Kier alpha value is -4.33. The SMILES string of the molecule is Cc1cc2cc(Nc3ccnc(Nc4cc(-c5ccc(O)cc5)[nH]n4)n3)ccc2[nH]1. The minimum atomic E-state index is 0.222. The number of aromatic amines is 2. The first-order valence-corrected chi connectivity index (χ1v) is 9.44. The molecular weight excluding hydrogens is 378 g/mol. The summed E-state index contributed by atoms with van der Waals surface area (Å²) in [7, 11) is 0. The van der Waals surface area contributed by atoms with Gasteiger partial charge in [-0.05, 0) is 67.1 Å². The number of phenols is 1. The summed E-state index contributed by atoms with van der Waals surface area (Å²) >= 11 is 0. The Bertz CT molecular complexity index is 1320. The lowest BCUT2D eigenvalue weighted by Crippen LogP contribution is -2.00.